The second kappa shape index (κ2) is 5.47. The van der Waals surface area contributed by atoms with Crippen LogP contribution in [0.4, 0.5) is 0 Å². The Morgan fingerprint density at radius 3 is 3.06 bits per heavy atom. The van der Waals surface area contributed by atoms with E-state index in [-0.39, 0.29) is 5.78 Å². The first-order chi connectivity index (χ1) is 8.22. The van der Waals surface area contributed by atoms with Gasteiger partial charge in [-0.1, -0.05) is 24.6 Å². The van der Waals surface area contributed by atoms with Crippen molar-refractivity contribution >= 4 is 28.7 Å². The molecule has 0 amide bonds. The highest BCUT2D eigenvalue weighted by molar-refractivity contribution is 7.10. The summed E-state index contributed by atoms with van der Waals surface area (Å²) in [5, 5.41) is 6.53. The zero-order valence-electron chi connectivity index (χ0n) is 9.52. The molecule has 5 heteroatoms. The van der Waals surface area contributed by atoms with Crippen LogP contribution in [0, 0.1) is 0 Å². The van der Waals surface area contributed by atoms with Crippen molar-refractivity contribution < 1.29 is 4.79 Å². The number of Topliss-reactive ketones (excluding diaryl/α,β-unsaturated/α-hetero) is 1. The molecule has 0 aliphatic heterocycles. The molecule has 0 saturated heterocycles. The number of thiophene rings is 1. The molecular weight excluding hydrogens is 256 g/mol. The van der Waals surface area contributed by atoms with Crippen molar-refractivity contribution in [3.8, 4) is 0 Å². The van der Waals surface area contributed by atoms with E-state index in [9.17, 15) is 4.79 Å². The fourth-order valence-electron chi connectivity index (χ4n) is 1.68. The Balaban J connectivity index is 2.21. The van der Waals surface area contributed by atoms with Gasteiger partial charge in [0.2, 0.25) is 0 Å². The van der Waals surface area contributed by atoms with Crippen molar-refractivity contribution in [1.82, 2.24) is 9.78 Å². The Kier molecular flexibility index (Phi) is 3.97. The zero-order valence-corrected chi connectivity index (χ0v) is 11.1. The molecule has 90 valence electrons. The summed E-state index contributed by atoms with van der Waals surface area (Å²) >= 11 is 7.59. The first-order valence-electron chi connectivity index (χ1n) is 5.49. The van der Waals surface area contributed by atoms with Gasteiger partial charge in [-0.25, -0.2) is 0 Å². The number of rotatable bonds is 5. The molecule has 2 aromatic heterocycles. The molecule has 0 unspecified atom stereocenters. The maximum atomic E-state index is 12.2. The molecule has 0 N–H and O–H groups in total. The van der Waals surface area contributed by atoms with Gasteiger partial charge in [-0.3, -0.25) is 9.48 Å². The summed E-state index contributed by atoms with van der Waals surface area (Å²) in [6.45, 7) is 2.77. The third-order valence-corrected chi connectivity index (χ3v) is 3.56. The molecule has 0 spiro atoms. The summed E-state index contributed by atoms with van der Waals surface area (Å²) in [5.41, 5.74) is 0.530. The van der Waals surface area contributed by atoms with Crippen LogP contribution < -0.4 is 0 Å². The zero-order chi connectivity index (χ0) is 12.3. The predicted molar refractivity (Wildman–Crippen MR) is 69.9 cm³/mol. The molecule has 0 aliphatic rings. The van der Waals surface area contributed by atoms with Crippen LogP contribution in [0.1, 0.15) is 28.7 Å². The largest absolute Gasteiger partial charge is 0.292 e. The van der Waals surface area contributed by atoms with Gasteiger partial charge in [0.05, 0.1) is 11.2 Å². The quantitative estimate of drug-likeness (QED) is 0.779. The van der Waals surface area contributed by atoms with Gasteiger partial charge in [-0.15, -0.1) is 11.3 Å². The topological polar surface area (TPSA) is 34.9 Å². The highest BCUT2D eigenvalue weighted by Crippen LogP contribution is 2.19. The van der Waals surface area contributed by atoms with Crippen molar-refractivity contribution in [3.63, 3.8) is 0 Å². The third kappa shape index (κ3) is 2.76. The fourth-order valence-corrected chi connectivity index (χ4v) is 2.63. The van der Waals surface area contributed by atoms with Crippen LogP contribution in [0.25, 0.3) is 0 Å². The summed E-state index contributed by atoms with van der Waals surface area (Å²) in [6, 6.07) is 3.90. The minimum atomic E-state index is 0.0309. The van der Waals surface area contributed by atoms with E-state index in [1.165, 1.54) is 0 Å². The van der Waals surface area contributed by atoms with Gasteiger partial charge in [0, 0.05) is 17.8 Å². The van der Waals surface area contributed by atoms with Crippen molar-refractivity contribution in [2.24, 2.45) is 0 Å². The van der Waals surface area contributed by atoms with Crippen LogP contribution in [-0.2, 0) is 13.0 Å². The van der Waals surface area contributed by atoms with Crippen molar-refractivity contribution in [3.05, 3.63) is 39.3 Å². The van der Waals surface area contributed by atoms with Gasteiger partial charge in [-0.2, -0.15) is 5.10 Å². The summed E-state index contributed by atoms with van der Waals surface area (Å²) < 4.78 is 1.69. The highest BCUT2D eigenvalue weighted by Gasteiger charge is 2.17. The molecule has 2 heterocycles. The lowest BCUT2D eigenvalue weighted by atomic mass is 10.2. The lowest BCUT2D eigenvalue weighted by Gasteiger charge is -2.05. The SMILES string of the molecule is CCCn1ncc(Cl)c1C(=O)Cc1cccs1. The van der Waals surface area contributed by atoms with E-state index in [0.29, 0.717) is 17.1 Å². The number of nitrogens with zero attached hydrogens (tertiary/aromatic N) is 2. The number of hydrogen-bond donors (Lipinski definition) is 0. The van der Waals surface area contributed by atoms with Crippen molar-refractivity contribution in [2.45, 2.75) is 26.3 Å². The van der Waals surface area contributed by atoms with Gasteiger partial charge in [-0.05, 0) is 17.9 Å². The Bertz CT molecular complexity index is 505. The Hall–Kier alpha value is -1.13. The molecule has 0 saturated carbocycles. The highest BCUT2D eigenvalue weighted by atomic mass is 35.5. The van der Waals surface area contributed by atoms with Crippen LogP contribution in [0.15, 0.2) is 23.7 Å². The lowest BCUT2D eigenvalue weighted by molar-refractivity contribution is 0.0983. The molecule has 0 fully saturated rings. The van der Waals surface area contributed by atoms with E-state index >= 15 is 0 Å². The van der Waals surface area contributed by atoms with E-state index < -0.39 is 0 Å². The maximum absolute atomic E-state index is 12.2. The summed E-state index contributed by atoms with van der Waals surface area (Å²) in [6.07, 6.45) is 2.86. The summed E-state index contributed by atoms with van der Waals surface area (Å²) in [5.74, 6) is 0.0309. The standard InChI is InChI=1S/C12H13ClN2OS/c1-2-5-15-12(10(13)8-14-15)11(16)7-9-4-3-6-17-9/h3-4,6,8H,2,5,7H2,1H3. The summed E-state index contributed by atoms with van der Waals surface area (Å²) in [7, 11) is 0. The molecule has 0 radical (unpaired) electrons. The van der Waals surface area contributed by atoms with Crippen LogP contribution in [0.5, 0.6) is 0 Å². The van der Waals surface area contributed by atoms with Crippen LogP contribution >= 0.6 is 22.9 Å². The molecular formula is C12H13ClN2OS. The molecule has 2 aromatic rings. The van der Waals surface area contributed by atoms with Crippen molar-refractivity contribution in [2.75, 3.05) is 0 Å². The van der Waals surface area contributed by atoms with Crippen LogP contribution in [0.3, 0.4) is 0 Å². The third-order valence-electron chi connectivity index (χ3n) is 2.41. The molecule has 0 atom stereocenters. The van der Waals surface area contributed by atoms with Crippen molar-refractivity contribution in [1.29, 1.82) is 0 Å². The van der Waals surface area contributed by atoms with Gasteiger partial charge in [0.1, 0.15) is 5.69 Å². The van der Waals surface area contributed by atoms with E-state index in [0.717, 1.165) is 17.8 Å². The second-order valence-electron chi connectivity index (χ2n) is 3.74. The molecule has 17 heavy (non-hydrogen) atoms. The molecule has 0 aromatic carbocycles. The summed E-state index contributed by atoms with van der Waals surface area (Å²) in [4.78, 5) is 13.2. The van der Waals surface area contributed by atoms with Gasteiger partial charge in [0.25, 0.3) is 0 Å². The van der Waals surface area contributed by atoms with Gasteiger partial charge in [0.15, 0.2) is 5.78 Å². The van der Waals surface area contributed by atoms with E-state index in [2.05, 4.69) is 5.10 Å². The van der Waals surface area contributed by atoms with Gasteiger partial charge >= 0.3 is 0 Å². The molecule has 0 bridgehead atoms. The fraction of sp³-hybridized carbons (Fsp3) is 0.333. The number of aromatic nitrogens is 2. The molecule has 2 rings (SSSR count). The molecule has 0 aliphatic carbocycles. The second-order valence-corrected chi connectivity index (χ2v) is 5.18. The molecule has 3 nitrogen and oxygen atoms in total. The minimum absolute atomic E-state index is 0.0309. The Morgan fingerprint density at radius 1 is 1.59 bits per heavy atom. The number of carbonyl (C=O) groups excluding carboxylic acids is 1. The van der Waals surface area contributed by atoms with E-state index in [1.807, 2.05) is 24.4 Å². The first-order valence-corrected chi connectivity index (χ1v) is 6.75. The number of aryl methyl sites for hydroxylation is 1. The smallest absolute Gasteiger partial charge is 0.187 e. The Labute approximate surface area is 109 Å². The van der Waals surface area contributed by atoms with Crippen LogP contribution in [0.2, 0.25) is 5.02 Å². The monoisotopic (exact) mass is 268 g/mol. The van der Waals surface area contributed by atoms with E-state index in [4.69, 9.17) is 11.6 Å². The first kappa shape index (κ1) is 12.3. The predicted octanol–water partition coefficient (Wildman–Crippen LogP) is 3.43. The van der Waals surface area contributed by atoms with Crippen LogP contribution in [-0.4, -0.2) is 15.6 Å². The average molecular weight is 269 g/mol. The number of carbonyl (C=O) groups is 1. The number of ketones is 1. The van der Waals surface area contributed by atoms with E-state index in [1.54, 1.807) is 22.2 Å². The minimum Gasteiger partial charge on any atom is -0.292 e. The number of halogens is 1. The lowest BCUT2D eigenvalue weighted by Crippen LogP contribution is -2.12. The maximum Gasteiger partial charge on any atom is 0.187 e. The normalized spacial score (nSPS) is 10.7. The Morgan fingerprint density at radius 2 is 2.41 bits per heavy atom. The average Bonchev–Trinajstić information content (AvgIpc) is 2.89. The number of hydrogen-bond acceptors (Lipinski definition) is 3. The van der Waals surface area contributed by atoms with Gasteiger partial charge < -0.3 is 0 Å².